The molecule has 0 saturated heterocycles. The Morgan fingerprint density at radius 3 is 2.84 bits per heavy atom. The first-order valence-corrected chi connectivity index (χ1v) is 7.12. The summed E-state index contributed by atoms with van der Waals surface area (Å²) in [5.74, 6) is 1.88. The van der Waals surface area contributed by atoms with Gasteiger partial charge in [0.05, 0.1) is 13.2 Å². The van der Waals surface area contributed by atoms with Gasteiger partial charge in [0.25, 0.3) is 0 Å². The van der Waals surface area contributed by atoms with Gasteiger partial charge in [-0.15, -0.1) is 0 Å². The maximum Gasteiger partial charge on any atom is 0.125 e. The number of aliphatic hydroxyl groups excluding tert-OH is 1. The van der Waals surface area contributed by atoms with Crippen LogP contribution >= 0.6 is 0 Å². The number of hydrogen-bond acceptors (Lipinski definition) is 3. The molecule has 3 nitrogen and oxygen atoms in total. The molecule has 0 saturated carbocycles. The van der Waals surface area contributed by atoms with Gasteiger partial charge in [-0.2, -0.15) is 0 Å². The second kappa shape index (κ2) is 5.83. The number of ether oxygens (including phenoxy) is 2. The second-order valence-corrected chi connectivity index (χ2v) is 5.55. The number of hydrogen-bond donors (Lipinski definition) is 1. The lowest BCUT2D eigenvalue weighted by atomic mass is 9.92. The van der Waals surface area contributed by atoms with Gasteiger partial charge in [0.1, 0.15) is 17.6 Å². The summed E-state index contributed by atoms with van der Waals surface area (Å²) in [6.07, 6.45) is 2.68. The first kappa shape index (κ1) is 14.2. The third kappa shape index (κ3) is 2.86. The van der Waals surface area contributed by atoms with Crippen molar-refractivity contribution in [2.24, 2.45) is 5.92 Å². The van der Waals surface area contributed by atoms with Crippen molar-refractivity contribution >= 4 is 0 Å². The molecule has 3 atom stereocenters. The first-order valence-electron chi connectivity index (χ1n) is 7.12. The zero-order valence-electron chi connectivity index (χ0n) is 12.3. The van der Waals surface area contributed by atoms with Gasteiger partial charge in [0.15, 0.2) is 0 Å². The van der Waals surface area contributed by atoms with Crippen molar-refractivity contribution < 1.29 is 14.6 Å². The van der Waals surface area contributed by atoms with Crippen LogP contribution in [0.2, 0.25) is 0 Å². The molecular weight excluding hydrogens is 240 g/mol. The summed E-state index contributed by atoms with van der Waals surface area (Å²) in [7, 11) is 1.65. The smallest absolute Gasteiger partial charge is 0.125 e. The third-order valence-corrected chi connectivity index (χ3v) is 3.85. The zero-order valence-corrected chi connectivity index (χ0v) is 12.3. The molecule has 1 aromatic rings. The van der Waals surface area contributed by atoms with E-state index in [1.807, 2.05) is 12.1 Å². The number of rotatable bonds is 5. The van der Waals surface area contributed by atoms with E-state index in [-0.39, 0.29) is 12.0 Å². The highest BCUT2D eigenvalue weighted by atomic mass is 16.5. The van der Waals surface area contributed by atoms with Crippen LogP contribution in [0.1, 0.15) is 50.8 Å². The van der Waals surface area contributed by atoms with E-state index in [4.69, 9.17) is 9.47 Å². The summed E-state index contributed by atoms with van der Waals surface area (Å²) in [6.45, 7) is 6.26. The van der Waals surface area contributed by atoms with Gasteiger partial charge in [0.2, 0.25) is 0 Å². The SMILES string of the molecule is CCCC(C)C(O)c1cc2c(cc1OC)CC(C)O2. The van der Waals surface area contributed by atoms with Gasteiger partial charge in [-0.25, -0.2) is 0 Å². The predicted molar refractivity (Wildman–Crippen MR) is 75.8 cm³/mol. The molecule has 2 rings (SSSR count). The van der Waals surface area contributed by atoms with E-state index in [0.717, 1.165) is 36.3 Å². The molecule has 0 aliphatic carbocycles. The molecule has 1 aromatic carbocycles. The lowest BCUT2D eigenvalue weighted by Gasteiger charge is -2.21. The summed E-state index contributed by atoms with van der Waals surface area (Å²) >= 11 is 0. The highest BCUT2D eigenvalue weighted by molar-refractivity contribution is 5.49. The monoisotopic (exact) mass is 264 g/mol. The Morgan fingerprint density at radius 1 is 1.47 bits per heavy atom. The Hall–Kier alpha value is -1.22. The van der Waals surface area contributed by atoms with Crippen molar-refractivity contribution in [3.8, 4) is 11.5 Å². The fourth-order valence-electron chi connectivity index (χ4n) is 2.78. The molecule has 0 bridgehead atoms. The van der Waals surface area contributed by atoms with Crippen molar-refractivity contribution in [1.29, 1.82) is 0 Å². The van der Waals surface area contributed by atoms with Crippen LogP contribution in [0.5, 0.6) is 11.5 Å². The number of benzene rings is 1. The minimum atomic E-state index is -0.500. The summed E-state index contributed by atoms with van der Waals surface area (Å²) < 4.78 is 11.2. The van der Waals surface area contributed by atoms with E-state index in [9.17, 15) is 5.11 Å². The van der Waals surface area contributed by atoms with E-state index in [1.165, 1.54) is 5.56 Å². The van der Waals surface area contributed by atoms with E-state index in [1.54, 1.807) is 7.11 Å². The second-order valence-electron chi connectivity index (χ2n) is 5.55. The highest BCUT2D eigenvalue weighted by Gasteiger charge is 2.26. The molecule has 1 heterocycles. The van der Waals surface area contributed by atoms with Crippen LogP contribution in [-0.2, 0) is 6.42 Å². The Balaban J connectivity index is 2.32. The molecular formula is C16H24O3. The molecule has 0 amide bonds. The van der Waals surface area contributed by atoms with Crippen molar-refractivity contribution in [2.75, 3.05) is 7.11 Å². The van der Waals surface area contributed by atoms with E-state index < -0.39 is 6.10 Å². The van der Waals surface area contributed by atoms with Gasteiger partial charge >= 0.3 is 0 Å². The fraction of sp³-hybridized carbons (Fsp3) is 0.625. The summed E-state index contributed by atoms with van der Waals surface area (Å²) in [5, 5.41) is 10.5. The normalized spacial score (nSPS) is 20.6. The molecule has 19 heavy (non-hydrogen) atoms. The molecule has 0 fully saturated rings. The third-order valence-electron chi connectivity index (χ3n) is 3.85. The van der Waals surface area contributed by atoms with Crippen molar-refractivity contribution in [3.63, 3.8) is 0 Å². The van der Waals surface area contributed by atoms with Gasteiger partial charge in [-0.05, 0) is 31.4 Å². The van der Waals surface area contributed by atoms with Crippen LogP contribution in [0.4, 0.5) is 0 Å². The Bertz CT molecular complexity index is 442. The molecule has 1 aliphatic heterocycles. The number of aliphatic hydroxyl groups is 1. The van der Waals surface area contributed by atoms with Crippen molar-refractivity contribution in [1.82, 2.24) is 0 Å². The molecule has 3 unspecified atom stereocenters. The summed E-state index contributed by atoms with van der Waals surface area (Å²) in [4.78, 5) is 0. The molecule has 1 N–H and O–H groups in total. The zero-order chi connectivity index (χ0) is 14.0. The molecule has 0 aromatic heterocycles. The van der Waals surface area contributed by atoms with E-state index in [0.29, 0.717) is 0 Å². The first-order chi connectivity index (χ1) is 9.06. The minimum Gasteiger partial charge on any atom is -0.496 e. The molecule has 1 aliphatic rings. The maximum absolute atomic E-state index is 10.5. The van der Waals surface area contributed by atoms with Crippen LogP contribution in [0.15, 0.2) is 12.1 Å². The maximum atomic E-state index is 10.5. The standard InChI is InChI=1S/C16H24O3/c1-5-6-10(2)16(17)13-9-14-12(7-11(3)19-14)8-15(13)18-4/h8-11,16-17H,5-7H2,1-4H3. The van der Waals surface area contributed by atoms with Gasteiger partial charge in [-0.1, -0.05) is 20.3 Å². The van der Waals surface area contributed by atoms with Crippen molar-refractivity contribution in [3.05, 3.63) is 23.3 Å². The van der Waals surface area contributed by atoms with E-state index >= 15 is 0 Å². The minimum absolute atomic E-state index is 0.208. The fourth-order valence-corrected chi connectivity index (χ4v) is 2.78. The molecule has 0 spiro atoms. The van der Waals surface area contributed by atoms with Gasteiger partial charge in [-0.3, -0.25) is 0 Å². The quantitative estimate of drug-likeness (QED) is 0.884. The topological polar surface area (TPSA) is 38.7 Å². The Labute approximate surface area is 115 Å². The van der Waals surface area contributed by atoms with E-state index in [2.05, 4.69) is 20.8 Å². The lowest BCUT2D eigenvalue weighted by Crippen LogP contribution is -2.10. The Morgan fingerprint density at radius 2 is 2.21 bits per heavy atom. The predicted octanol–water partition coefficient (Wildman–Crippen LogP) is 3.49. The van der Waals surface area contributed by atoms with Gasteiger partial charge in [0, 0.05) is 17.5 Å². The number of fused-ring (bicyclic) bond motifs is 1. The number of methoxy groups -OCH3 is 1. The Kier molecular flexibility index (Phi) is 4.35. The van der Waals surface area contributed by atoms with Gasteiger partial charge < -0.3 is 14.6 Å². The summed E-state index contributed by atoms with van der Waals surface area (Å²) in [6, 6.07) is 3.96. The summed E-state index contributed by atoms with van der Waals surface area (Å²) in [5.41, 5.74) is 2.01. The lowest BCUT2D eigenvalue weighted by molar-refractivity contribution is 0.109. The average molecular weight is 264 g/mol. The van der Waals surface area contributed by atoms with Crippen molar-refractivity contribution in [2.45, 2.75) is 52.2 Å². The molecule has 106 valence electrons. The van der Waals surface area contributed by atoms with Crippen LogP contribution in [0.25, 0.3) is 0 Å². The molecule has 0 radical (unpaired) electrons. The average Bonchev–Trinajstić information content (AvgIpc) is 2.75. The molecule has 3 heteroatoms. The van der Waals surface area contributed by atoms with Crippen LogP contribution in [0, 0.1) is 5.92 Å². The highest BCUT2D eigenvalue weighted by Crippen LogP contribution is 2.39. The van der Waals surface area contributed by atoms with Crippen LogP contribution in [0.3, 0.4) is 0 Å². The van der Waals surface area contributed by atoms with Crippen LogP contribution < -0.4 is 9.47 Å². The largest absolute Gasteiger partial charge is 0.496 e. The van der Waals surface area contributed by atoms with Crippen LogP contribution in [-0.4, -0.2) is 18.3 Å².